The third-order valence-electron chi connectivity index (χ3n) is 6.82. The molecule has 1 fully saturated rings. The van der Waals surface area contributed by atoms with Crippen molar-refractivity contribution in [2.75, 3.05) is 57.3 Å². The second kappa shape index (κ2) is 10.7. The van der Waals surface area contributed by atoms with Crippen molar-refractivity contribution in [2.45, 2.75) is 33.6 Å². The molecule has 1 N–H and O–H groups in total. The molecule has 188 valence electrons. The molecule has 0 amide bonds. The van der Waals surface area contributed by atoms with Gasteiger partial charge in [-0.1, -0.05) is 27.7 Å². The molecule has 1 saturated heterocycles. The fraction of sp³-hybridized carbons (Fsp3) is 0.500. The molecular weight excluding hydrogens is 447 g/mol. The highest BCUT2D eigenvalue weighted by atomic mass is 19.1. The van der Waals surface area contributed by atoms with Gasteiger partial charge >= 0.3 is 5.97 Å². The van der Waals surface area contributed by atoms with Crippen molar-refractivity contribution in [1.82, 2.24) is 24.6 Å². The van der Waals surface area contributed by atoms with Crippen LogP contribution in [0.2, 0.25) is 0 Å². The van der Waals surface area contributed by atoms with Crippen molar-refractivity contribution >= 4 is 22.7 Å². The molecule has 3 heterocycles. The van der Waals surface area contributed by atoms with Crippen LogP contribution >= 0.6 is 0 Å². The number of carboxylic acid groups (broad SMARTS) is 1. The minimum atomic E-state index is -1.08. The molecule has 9 heteroatoms. The van der Waals surface area contributed by atoms with Gasteiger partial charge in [-0.15, -0.1) is 0 Å². The number of hydrogen-bond acceptors (Lipinski definition) is 6. The number of likely N-dealkylation sites (N-methyl/N-ethyl adjacent to an activating group) is 1. The second-order valence-corrected chi connectivity index (χ2v) is 9.31. The van der Waals surface area contributed by atoms with E-state index in [0.29, 0.717) is 11.3 Å². The quantitative estimate of drug-likeness (QED) is 0.496. The molecule has 8 nitrogen and oxygen atoms in total. The number of rotatable bonds is 9. The van der Waals surface area contributed by atoms with Gasteiger partial charge in [-0.05, 0) is 49.3 Å². The zero-order valence-electron chi connectivity index (χ0n) is 21.0. The largest absolute Gasteiger partial charge is 0.477 e. The first kappa shape index (κ1) is 25.1. The van der Waals surface area contributed by atoms with Crippen molar-refractivity contribution < 1.29 is 14.3 Å². The lowest BCUT2D eigenvalue weighted by molar-refractivity contribution is 0.0691. The number of carboxylic acids is 1. The Kier molecular flexibility index (Phi) is 7.66. The zero-order chi connectivity index (χ0) is 25.1. The molecule has 0 bridgehead atoms. The highest BCUT2D eigenvalue weighted by molar-refractivity contribution is 5.98. The predicted molar refractivity (Wildman–Crippen MR) is 136 cm³/mol. The van der Waals surface area contributed by atoms with Crippen LogP contribution < -0.4 is 4.90 Å². The van der Waals surface area contributed by atoms with Crippen molar-refractivity contribution in [1.29, 1.82) is 0 Å². The summed E-state index contributed by atoms with van der Waals surface area (Å²) in [5.41, 5.74) is 2.82. The van der Waals surface area contributed by atoms with E-state index in [1.807, 2.05) is 0 Å². The number of carbonyl (C=O) groups is 1. The highest BCUT2D eigenvalue weighted by Gasteiger charge is 2.26. The molecular formula is C26H35FN6O2. The van der Waals surface area contributed by atoms with E-state index in [1.165, 1.54) is 12.1 Å². The highest BCUT2D eigenvalue weighted by Crippen LogP contribution is 2.35. The number of pyridine rings is 1. The van der Waals surface area contributed by atoms with Gasteiger partial charge in [0.1, 0.15) is 5.82 Å². The maximum absolute atomic E-state index is 13.6. The number of anilines is 1. The average molecular weight is 483 g/mol. The second-order valence-electron chi connectivity index (χ2n) is 9.31. The molecule has 3 aromatic rings. The number of fused-ring (bicyclic) bond motifs is 1. The molecule has 2 aromatic heterocycles. The number of nitrogens with zero attached hydrogens (tertiary/aromatic N) is 6. The van der Waals surface area contributed by atoms with Crippen LogP contribution in [-0.2, 0) is 0 Å². The Morgan fingerprint density at radius 1 is 1.11 bits per heavy atom. The molecule has 1 aliphatic rings. The van der Waals surface area contributed by atoms with Crippen LogP contribution in [0.25, 0.3) is 16.7 Å². The van der Waals surface area contributed by atoms with Gasteiger partial charge in [0.25, 0.3) is 0 Å². The molecule has 0 unspecified atom stereocenters. The third kappa shape index (κ3) is 5.31. The summed E-state index contributed by atoms with van der Waals surface area (Å²) in [6.07, 6.45) is 0. The number of halogens is 1. The Labute approximate surface area is 206 Å². The number of benzene rings is 1. The summed E-state index contributed by atoms with van der Waals surface area (Å²) >= 11 is 0. The Hall–Kier alpha value is -3.04. The smallest absolute Gasteiger partial charge is 0.354 e. The predicted octanol–water partition coefficient (Wildman–Crippen LogP) is 3.85. The minimum absolute atomic E-state index is 0.0185. The molecule has 4 rings (SSSR count). The van der Waals surface area contributed by atoms with Crippen molar-refractivity contribution in [3.8, 4) is 5.69 Å². The van der Waals surface area contributed by atoms with Crippen LogP contribution in [0.1, 0.15) is 49.8 Å². The van der Waals surface area contributed by atoms with Gasteiger partial charge in [-0.2, -0.15) is 5.10 Å². The van der Waals surface area contributed by atoms with Crippen LogP contribution in [0.15, 0.2) is 30.3 Å². The summed E-state index contributed by atoms with van der Waals surface area (Å²) in [4.78, 5) is 23.6. The van der Waals surface area contributed by atoms with Gasteiger partial charge in [0.05, 0.1) is 22.5 Å². The Bertz CT molecular complexity index is 1160. The topological polar surface area (TPSA) is 77.7 Å². The summed E-state index contributed by atoms with van der Waals surface area (Å²) in [7, 11) is 0. The molecule has 1 aliphatic heterocycles. The molecule has 0 atom stereocenters. The lowest BCUT2D eigenvalue weighted by Gasteiger charge is -2.37. The molecule has 0 saturated carbocycles. The van der Waals surface area contributed by atoms with Crippen LogP contribution in [0, 0.1) is 5.82 Å². The molecule has 0 aliphatic carbocycles. The SMILES string of the molecule is CCN(CC)CCN1CCN(c2cc(C(=O)O)nc3c2c(C(C)C)nn3-c2ccc(F)cc2)CC1. The van der Waals surface area contributed by atoms with Crippen LogP contribution in [0.4, 0.5) is 10.1 Å². The zero-order valence-corrected chi connectivity index (χ0v) is 21.0. The summed E-state index contributed by atoms with van der Waals surface area (Å²) in [5, 5.41) is 15.5. The van der Waals surface area contributed by atoms with E-state index in [4.69, 9.17) is 5.10 Å². The summed E-state index contributed by atoms with van der Waals surface area (Å²) in [6, 6.07) is 7.69. The number of aromatic carboxylic acids is 1. The maximum atomic E-state index is 13.6. The first-order valence-electron chi connectivity index (χ1n) is 12.4. The lowest BCUT2D eigenvalue weighted by atomic mass is 10.0. The van der Waals surface area contributed by atoms with Gasteiger partial charge in [0.15, 0.2) is 11.3 Å². The lowest BCUT2D eigenvalue weighted by Crippen LogP contribution is -2.48. The molecule has 0 spiro atoms. The molecule has 1 aromatic carbocycles. The fourth-order valence-corrected chi connectivity index (χ4v) is 4.68. The van der Waals surface area contributed by atoms with E-state index in [1.54, 1.807) is 22.9 Å². The number of aromatic nitrogens is 3. The van der Waals surface area contributed by atoms with E-state index in [0.717, 1.165) is 69.1 Å². The van der Waals surface area contributed by atoms with Gasteiger partial charge in [-0.25, -0.2) is 18.9 Å². The summed E-state index contributed by atoms with van der Waals surface area (Å²) < 4.78 is 15.2. The van der Waals surface area contributed by atoms with Gasteiger partial charge in [0, 0.05) is 39.3 Å². The van der Waals surface area contributed by atoms with E-state index >= 15 is 0 Å². The normalized spacial score (nSPS) is 15.0. The third-order valence-corrected chi connectivity index (χ3v) is 6.82. The monoisotopic (exact) mass is 482 g/mol. The average Bonchev–Trinajstić information content (AvgIpc) is 3.25. The van der Waals surface area contributed by atoms with Crippen molar-refractivity contribution in [2.24, 2.45) is 0 Å². The summed E-state index contributed by atoms with van der Waals surface area (Å²) in [5.74, 6) is -1.32. The Morgan fingerprint density at radius 3 is 2.34 bits per heavy atom. The minimum Gasteiger partial charge on any atom is -0.477 e. The van der Waals surface area contributed by atoms with Gasteiger partial charge in [-0.3, -0.25) is 4.90 Å². The maximum Gasteiger partial charge on any atom is 0.354 e. The van der Waals surface area contributed by atoms with E-state index in [9.17, 15) is 14.3 Å². The number of piperazine rings is 1. The van der Waals surface area contributed by atoms with E-state index < -0.39 is 5.97 Å². The fourth-order valence-electron chi connectivity index (χ4n) is 4.68. The van der Waals surface area contributed by atoms with E-state index in [-0.39, 0.29) is 17.4 Å². The van der Waals surface area contributed by atoms with Crippen molar-refractivity contribution in [3.63, 3.8) is 0 Å². The van der Waals surface area contributed by atoms with Crippen molar-refractivity contribution in [3.05, 3.63) is 47.5 Å². The first-order valence-corrected chi connectivity index (χ1v) is 12.4. The molecule has 0 radical (unpaired) electrons. The van der Waals surface area contributed by atoms with Crippen LogP contribution in [0.3, 0.4) is 0 Å². The Balaban J connectivity index is 1.71. The van der Waals surface area contributed by atoms with Gasteiger partial charge in [0.2, 0.25) is 0 Å². The molecule has 35 heavy (non-hydrogen) atoms. The number of hydrogen-bond donors (Lipinski definition) is 1. The van der Waals surface area contributed by atoms with Crippen LogP contribution in [-0.4, -0.2) is 88.0 Å². The summed E-state index contributed by atoms with van der Waals surface area (Å²) in [6.45, 7) is 16.1. The first-order chi connectivity index (χ1) is 16.8. The standard InChI is InChI=1S/C26H35FN6O2/c1-5-30(6-2)11-12-31-13-15-32(16-14-31)22-17-21(26(34)35)28-25-23(22)24(18(3)4)29-33(25)20-9-7-19(27)8-10-20/h7-10,17-18H,5-6,11-16H2,1-4H3,(H,34,35). The van der Waals surface area contributed by atoms with E-state index in [2.05, 4.69) is 47.4 Å². The van der Waals surface area contributed by atoms with Crippen LogP contribution in [0.5, 0.6) is 0 Å². The van der Waals surface area contributed by atoms with Gasteiger partial charge < -0.3 is 14.9 Å². The Morgan fingerprint density at radius 2 is 1.77 bits per heavy atom.